The van der Waals surface area contributed by atoms with Crippen LogP contribution < -0.4 is 5.56 Å². The number of aromatic amines is 1. The van der Waals surface area contributed by atoms with Crippen LogP contribution in [-0.2, 0) is 19.4 Å². The van der Waals surface area contributed by atoms with Gasteiger partial charge >= 0.3 is 0 Å². The average molecular weight is 533 g/mol. The van der Waals surface area contributed by atoms with Gasteiger partial charge in [0.1, 0.15) is 6.04 Å². The summed E-state index contributed by atoms with van der Waals surface area (Å²) in [5.74, 6) is 0.743. The number of hydrogen-bond acceptors (Lipinski definition) is 5. The van der Waals surface area contributed by atoms with Crippen molar-refractivity contribution in [1.29, 1.82) is 0 Å². The first kappa shape index (κ1) is 26.1. The molecule has 6 rings (SSSR count). The van der Waals surface area contributed by atoms with Gasteiger partial charge in [0.25, 0.3) is 5.56 Å². The van der Waals surface area contributed by atoms with Gasteiger partial charge in [0.15, 0.2) is 5.82 Å². The zero-order valence-electron chi connectivity index (χ0n) is 23.0. The summed E-state index contributed by atoms with van der Waals surface area (Å²) in [7, 11) is 0. The third-order valence-electron chi connectivity index (χ3n) is 8.20. The van der Waals surface area contributed by atoms with Crippen molar-refractivity contribution in [2.45, 2.75) is 64.1 Å². The fraction of sp³-hybridized carbons (Fsp3) is 0.333. The number of nitrogens with zero attached hydrogens (tertiary/aromatic N) is 5. The van der Waals surface area contributed by atoms with Crippen molar-refractivity contribution >= 4 is 10.9 Å². The van der Waals surface area contributed by atoms with Crippen molar-refractivity contribution in [3.63, 3.8) is 0 Å². The van der Waals surface area contributed by atoms with Crippen LogP contribution in [0.5, 0.6) is 0 Å². The molecule has 1 aliphatic rings. The maximum absolute atomic E-state index is 13.8. The predicted octanol–water partition coefficient (Wildman–Crippen LogP) is 6.03. The van der Waals surface area contributed by atoms with Gasteiger partial charge in [0.2, 0.25) is 0 Å². The molecule has 0 saturated heterocycles. The van der Waals surface area contributed by atoms with Crippen LogP contribution in [0, 0.1) is 0 Å². The highest BCUT2D eigenvalue weighted by Crippen LogP contribution is 2.34. The molecular weight excluding hydrogens is 496 g/mol. The van der Waals surface area contributed by atoms with Crippen LogP contribution in [0.15, 0.2) is 89.7 Å². The Kier molecular flexibility index (Phi) is 7.82. The maximum atomic E-state index is 13.8. The Labute approximate surface area is 234 Å². The summed E-state index contributed by atoms with van der Waals surface area (Å²) in [5, 5.41) is 14.3. The maximum Gasteiger partial charge on any atom is 0.253 e. The van der Waals surface area contributed by atoms with Crippen LogP contribution in [0.3, 0.4) is 0 Å². The number of aryl methyl sites for hydroxylation is 1. The van der Waals surface area contributed by atoms with Crippen molar-refractivity contribution < 1.29 is 0 Å². The highest BCUT2D eigenvalue weighted by molar-refractivity contribution is 5.80. The Bertz CT molecular complexity index is 1600. The predicted molar refractivity (Wildman–Crippen MR) is 158 cm³/mol. The Balaban J connectivity index is 1.50. The number of fused-ring (bicyclic) bond motifs is 1. The van der Waals surface area contributed by atoms with Crippen LogP contribution in [-0.4, -0.2) is 36.6 Å². The summed E-state index contributed by atoms with van der Waals surface area (Å²) in [6, 6.07) is 29.2. The van der Waals surface area contributed by atoms with E-state index in [1.165, 1.54) is 29.5 Å². The summed E-state index contributed by atoms with van der Waals surface area (Å²) >= 11 is 0. The minimum Gasteiger partial charge on any atom is -0.322 e. The van der Waals surface area contributed by atoms with E-state index < -0.39 is 6.04 Å². The monoisotopic (exact) mass is 532 g/mol. The molecule has 1 aliphatic carbocycles. The zero-order chi connectivity index (χ0) is 27.3. The highest BCUT2D eigenvalue weighted by atomic mass is 16.1. The number of tetrazole rings is 1. The number of aromatic nitrogens is 5. The second kappa shape index (κ2) is 12.0. The number of hydrogen-bond donors (Lipinski definition) is 1. The number of nitrogens with one attached hydrogen (secondary N) is 1. The van der Waals surface area contributed by atoms with Crippen molar-refractivity contribution in [1.82, 2.24) is 30.1 Å². The van der Waals surface area contributed by atoms with Crippen LogP contribution in [0.4, 0.5) is 0 Å². The lowest BCUT2D eigenvalue weighted by Crippen LogP contribution is -2.36. The first-order chi connectivity index (χ1) is 19.7. The van der Waals surface area contributed by atoms with E-state index in [0.717, 1.165) is 49.0 Å². The number of H-pyrrole nitrogens is 1. The SMILES string of the molecule is CCc1ccc2[nH]c(=O)c([C@H](c3nnnn3C3CCCC3)N(CCc3ccccc3)Cc3ccccc3)cc2c1. The van der Waals surface area contributed by atoms with Crippen LogP contribution in [0.1, 0.15) is 72.8 Å². The molecular formula is C33H36N6O. The fourth-order valence-electron chi connectivity index (χ4n) is 6.02. The van der Waals surface area contributed by atoms with E-state index in [1.807, 2.05) is 22.9 Å². The fourth-order valence-corrected chi connectivity index (χ4v) is 6.02. The smallest absolute Gasteiger partial charge is 0.253 e. The van der Waals surface area contributed by atoms with Gasteiger partial charge in [0.05, 0.1) is 6.04 Å². The van der Waals surface area contributed by atoms with Gasteiger partial charge in [-0.05, 0) is 76.4 Å². The highest BCUT2D eigenvalue weighted by Gasteiger charge is 2.33. The lowest BCUT2D eigenvalue weighted by atomic mass is 10.00. The van der Waals surface area contributed by atoms with E-state index in [4.69, 9.17) is 0 Å². The summed E-state index contributed by atoms with van der Waals surface area (Å²) in [5.41, 5.74) is 5.11. The lowest BCUT2D eigenvalue weighted by molar-refractivity contribution is 0.201. The Morgan fingerprint density at radius 2 is 1.65 bits per heavy atom. The summed E-state index contributed by atoms with van der Waals surface area (Å²) in [4.78, 5) is 19.4. The summed E-state index contributed by atoms with van der Waals surface area (Å²) in [6.07, 6.45) is 6.24. The topological polar surface area (TPSA) is 79.7 Å². The molecule has 1 saturated carbocycles. The first-order valence-corrected chi connectivity index (χ1v) is 14.4. The van der Waals surface area contributed by atoms with E-state index in [-0.39, 0.29) is 11.6 Å². The third kappa shape index (κ3) is 5.61. The molecule has 1 N–H and O–H groups in total. The summed E-state index contributed by atoms with van der Waals surface area (Å²) in [6.45, 7) is 3.56. The van der Waals surface area contributed by atoms with Crippen LogP contribution >= 0.6 is 0 Å². The molecule has 7 nitrogen and oxygen atoms in total. The van der Waals surface area contributed by atoms with E-state index in [1.54, 1.807) is 0 Å². The van der Waals surface area contributed by atoms with Crippen LogP contribution in [0.2, 0.25) is 0 Å². The molecule has 3 aromatic carbocycles. The first-order valence-electron chi connectivity index (χ1n) is 14.4. The molecule has 5 aromatic rings. The molecule has 0 bridgehead atoms. The minimum absolute atomic E-state index is 0.0968. The molecule has 2 heterocycles. The standard InChI is InChI=1S/C33H36N6O/c1-2-24-17-18-30-27(21-24)22-29(33(40)34-30)31(32-35-36-37-39(32)28-15-9-10-16-28)38(23-26-13-7-4-8-14-26)20-19-25-11-5-3-6-12-25/h3-8,11-14,17-18,21-22,28,31H,2,9-10,15-16,19-20,23H2,1H3,(H,34,40)/t31-/m1/s1. The van der Waals surface area contributed by atoms with E-state index in [2.05, 4.69) is 99.1 Å². The Morgan fingerprint density at radius 1 is 0.925 bits per heavy atom. The summed E-state index contributed by atoms with van der Waals surface area (Å²) < 4.78 is 2.00. The molecule has 1 atom stereocenters. The molecule has 0 aliphatic heterocycles. The van der Waals surface area contributed by atoms with Crippen molar-refractivity contribution in [2.24, 2.45) is 0 Å². The van der Waals surface area contributed by atoms with Gasteiger partial charge in [-0.3, -0.25) is 9.69 Å². The van der Waals surface area contributed by atoms with Gasteiger partial charge in [0, 0.05) is 24.2 Å². The van der Waals surface area contributed by atoms with Crippen LogP contribution in [0.25, 0.3) is 10.9 Å². The number of pyridine rings is 1. The Morgan fingerprint density at radius 3 is 2.38 bits per heavy atom. The van der Waals surface area contributed by atoms with Gasteiger partial charge < -0.3 is 4.98 Å². The zero-order valence-corrected chi connectivity index (χ0v) is 23.0. The molecule has 40 heavy (non-hydrogen) atoms. The second-order valence-corrected chi connectivity index (χ2v) is 10.8. The molecule has 0 spiro atoms. The van der Waals surface area contributed by atoms with Crippen molar-refractivity contribution in [2.75, 3.05) is 6.54 Å². The quantitative estimate of drug-likeness (QED) is 0.238. The molecule has 204 valence electrons. The normalized spacial score (nSPS) is 14.8. The van der Waals surface area contributed by atoms with E-state index >= 15 is 0 Å². The molecule has 1 fully saturated rings. The van der Waals surface area contributed by atoms with E-state index in [0.29, 0.717) is 12.1 Å². The largest absolute Gasteiger partial charge is 0.322 e. The second-order valence-electron chi connectivity index (χ2n) is 10.8. The molecule has 0 unspecified atom stereocenters. The number of benzene rings is 3. The van der Waals surface area contributed by atoms with Gasteiger partial charge in [-0.15, -0.1) is 5.10 Å². The van der Waals surface area contributed by atoms with Gasteiger partial charge in [-0.2, -0.15) is 0 Å². The van der Waals surface area contributed by atoms with Gasteiger partial charge in [-0.1, -0.05) is 86.5 Å². The average Bonchev–Trinajstić information content (AvgIpc) is 3.70. The molecule has 2 aromatic heterocycles. The lowest BCUT2D eigenvalue weighted by Gasteiger charge is -2.32. The van der Waals surface area contributed by atoms with Crippen molar-refractivity contribution in [3.05, 3.63) is 123 Å². The number of rotatable bonds is 10. The molecule has 7 heteroatoms. The van der Waals surface area contributed by atoms with E-state index in [9.17, 15) is 4.79 Å². The Hall–Kier alpha value is -4.10. The minimum atomic E-state index is -0.405. The van der Waals surface area contributed by atoms with Gasteiger partial charge in [-0.25, -0.2) is 4.68 Å². The molecule has 0 amide bonds. The molecule has 0 radical (unpaired) electrons. The van der Waals surface area contributed by atoms with Crippen molar-refractivity contribution in [3.8, 4) is 0 Å². The third-order valence-corrected chi connectivity index (χ3v) is 8.20.